The highest BCUT2D eigenvalue weighted by atomic mass is 19.4. The molecule has 1 saturated heterocycles. The van der Waals surface area contributed by atoms with Gasteiger partial charge in [-0.2, -0.15) is 13.2 Å². The van der Waals surface area contributed by atoms with Crippen molar-refractivity contribution in [1.29, 1.82) is 0 Å². The minimum absolute atomic E-state index is 0.0252. The number of hydrogen-bond donors (Lipinski definition) is 2. The molecule has 2 N–H and O–H groups in total. The van der Waals surface area contributed by atoms with Crippen LogP contribution in [0.4, 0.5) is 35.2 Å². The van der Waals surface area contributed by atoms with Crippen molar-refractivity contribution in [2.75, 3.05) is 35.2 Å². The van der Waals surface area contributed by atoms with Gasteiger partial charge in [0.25, 0.3) is 0 Å². The molecule has 1 fully saturated rings. The molecule has 1 aliphatic rings. The molecule has 9 nitrogen and oxygen atoms in total. The van der Waals surface area contributed by atoms with Crippen LogP contribution in [0, 0.1) is 12.3 Å². The average molecular weight is 585 g/mol. The van der Waals surface area contributed by atoms with Crippen molar-refractivity contribution < 1.29 is 27.5 Å². The highest BCUT2D eigenvalue weighted by Crippen LogP contribution is 2.33. The number of carbonyl (C=O) groups is 2. The number of halogens is 3. The van der Waals surface area contributed by atoms with Crippen LogP contribution in [0.5, 0.6) is 11.6 Å². The third kappa shape index (κ3) is 8.11. The van der Waals surface area contributed by atoms with E-state index in [9.17, 15) is 22.8 Å². The Labute approximate surface area is 243 Å². The van der Waals surface area contributed by atoms with Crippen LogP contribution in [0.3, 0.4) is 0 Å². The highest BCUT2D eigenvalue weighted by Gasteiger charge is 2.33. The van der Waals surface area contributed by atoms with Crippen molar-refractivity contribution >= 4 is 29.1 Å². The Bertz CT molecular complexity index is 1420. The molecule has 0 radical (unpaired) electrons. The van der Waals surface area contributed by atoms with E-state index in [0.29, 0.717) is 49.2 Å². The number of ether oxygens (including phenoxy) is 1. The Morgan fingerprint density at radius 3 is 2.29 bits per heavy atom. The zero-order chi connectivity index (χ0) is 30.7. The van der Waals surface area contributed by atoms with E-state index in [1.165, 1.54) is 25.4 Å². The number of nitrogens with zero attached hydrogens (tertiary/aromatic N) is 4. The molecule has 3 amide bonds. The van der Waals surface area contributed by atoms with Gasteiger partial charge in [0.05, 0.1) is 5.56 Å². The fourth-order valence-corrected chi connectivity index (χ4v) is 4.66. The molecule has 2 heterocycles. The number of anilines is 3. The van der Waals surface area contributed by atoms with Crippen LogP contribution < -0.4 is 20.3 Å². The van der Waals surface area contributed by atoms with Crippen molar-refractivity contribution in [3.63, 3.8) is 0 Å². The number of amides is 3. The number of hydrogen-bond acceptors (Lipinski definition) is 6. The lowest BCUT2D eigenvalue weighted by molar-refractivity contribution is -0.138. The number of aryl methyl sites for hydroxylation is 1. The smallest absolute Gasteiger partial charge is 0.416 e. The first kappa shape index (κ1) is 30.6. The van der Waals surface area contributed by atoms with Gasteiger partial charge in [0.2, 0.25) is 11.8 Å². The topological polar surface area (TPSA) is 99.7 Å². The number of benzene rings is 2. The van der Waals surface area contributed by atoms with E-state index in [2.05, 4.69) is 53.2 Å². The maximum absolute atomic E-state index is 13.2. The molecule has 1 aromatic heterocycles. The van der Waals surface area contributed by atoms with Gasteiger partial charge in [0, 0.05) is 49.5 Å². The second-order valence-corrected chi connectivity index (χ2v) is 11.6. The molecule has 1 atom stereocenters. The Hall–Kier alpha value is -4.35. The summed E-state index contributed by atoms with van der Waals surface area (Å²) in [5.41, 5.74) is -0.364. The van der Waals surface area contributed by atoms with E-state index in [4.69, 9.17) is 4.74 Å². The minimum atomic E-state index is -4.52. The van der Waals surface area contributed by atoms with Crippen LogP contribution in [0.15, 0.2) is 54.9 Å². The number of rotatable bonds is 6. The van der Waals surface area contributed by atoms with Crippen molar-refractivity contribution in [3.8, 4) is 11.6 Å². The van der Waals surface area contributed by atoms with Crippen LogP contribution in [-0.4, -0.2) is 52.5 Å². The first-order chi connectivity index (χ1) is 19.7. The van der Waals surface area contributed by atoms with Gasteiger partial charge in [-0.15, -0.1) is 0 Å². The van der Waals surface area contributed by atoms with E-state index in [1.807, 2.05) is 4.90 Å². The number of carbonyl (C=O) groups excluding carboxylic acids is 2. The van der Waals surface area contributed by atoms with E-state index in [0.717, 1.165) is 6.07 Å². The van der Waals surface area contributed by atoms with Crippen molar-refractivity contribution in [3.05, 3.63) is 66.0 Å². The van der Waals surface area contributed by atoms with Crippen molar-refractivity contribution in [2.45, 2.75) is 53.3 Å². The quantitative estimate of drug-likeness (QED) is 0.334. The summed E-state index contributed by atoms with van der Waals surface area (Å²) >= 11 is 0. The first-order valence-corrected chi connectivity index (χ1v) is 13.6. The second kappa shape index (κ2) is 12.3. The Morgan fingerprint density at radius 2 is 1.64 bits per heavy atom. The molecule has 0 aliphatic carbocycles. The molecule has 4 rings (SSSR count). The summed E-state index contributed by atoms with van der Waals surface area (Å²) in [4.78, 5) is 37.7. The van der Waals surface area contributed by atoms with Gasteiger partial charge in [0.1, 0.15) is 17.9 Å². The standard InChI is InChI=1S/C30H35F3N6O3/c1-19-6-7-22(14-24(19)30(31,32)33)37-28(41)36-21-8-10-23(11-9-21)42-26-15-25(34-18-35-26)39-13-12-38(17-20(39)2)27(40)16-29(3,4)5/h6-11,14-15,18,20H,12-13,16-17H2,1-5H3,(H2,36,37,41)/t20-/m1/s1. The molecule has 0 bridgehead atoms. The van der Waals surface area contributed by atoms with Crippen molar-refractivity contribution in [1.82, 2.24) is 14.9 Å². The fourth-order valence-electron chi connectivity index (χ4n) is 4.66. The maximum Gasteiger partial charge on any atom is 0.416 e. The third-order valence-electron chi connectivity index (χ3n) is 6.72. The molecule has 42 heavy (non-hydrogen) atoms. The van der Waals surface area contributed by atoms with Gasteiger partial charge in [-0.1, -0.05) is 26.8 Å². The zero-order valence-corrected chi connectivity index (χ0v) is 24.2. The number of nitrogens with one attached hydrogen (secondary N) is 2. The van der Waals surface area contributed by atoms with E-state index < -0.39 is 17.8 Å². The van der Waals surface area contributed by atoms with Gasteiger partial charge >= 0.3 is 12.2 Å². The molecule has 3 aromatic rings. The summed E-state index contributed by atoms with van der Waals surface area (Å²) in [6.45, 7) is 11.4. The maximum atomic E-state index is 13.2. The van der Waals surface area contributed by atoms with E-state index >= 15 is 0 Å². The average Bonchev–Trinajstić information content (AvgIpc) is 2.89. The van der Waals surface area contributed by atoms with E-state index in [-0.39, 0.29) is 28.6 Å². The SMILES string of the molecule is Cc1ccc(NC(=O)Nc2ccc(Oc3cc(N4CCN(C(=O)CC(C)(C)C)C[C@H]4C)ncn3)cc2)cc1C(F)(F)F. The Morgan fingerprint density at radius 1 is 0.976 bits per heavy atom. The monoisotopic (exact) mass is 584 g/mol. The first-order valence-electron chi connectivity index (χ1n) is 13.6. The molecule has 2 aromatic carbocycles. The normalized spacial score (nSPS) is 15.8. The second-order valence-electron chi connectivity index (χ2n) is 11.6. The summed E-state index contributed by atoms with van der Waals surface area (Å²) < 4.78 is 45.4. The van der Waals surface area contributed by atoms with Gasteiger partial charge in [0.15, 0.2) is 0 Å². The number of piperazine rings is 1. The number of urea groups is 1. The highest BCUT2D eigenvalue weighted by molar-refractivity contribution is 5.99. The van der Waals surface area contributed by atoms with Crippen LogP contribution in [0.25, 0.3) is 0 Å². The van der Waals surface area contributed by atoms with Gasteiger partial charge in [-0.05, 0) is 61.2 Å². The lowest BCUT2D eigenvalue weighted by atomic mass is 9.91. The van der Waals surface area contributed by atoms with Crippen molar-refractivity contribution in [2.24, 2.45) is 5.41 Å². The van der Waals surface area contributed by atoms with Gasteiger partial charge in [-0.25, -0.2) is 14.8 Å². The molecule has 12 heteroatoms. The summed E-state index contributed by atoms with van der Waals surface area (Å²) in [7, 11) is 0. The summed E-state index contributed by atoms with van der Waals surface area (Å²) in [6.07, 6.45) is -2.60. The fraction of sp³-hybridized carbons (Fsp3) is 0.400. The van der Waals surface area contributed by atoms with E-state index in [1.54, 1.807) is 30.3 Å². The van der Waals surface area contributed by atoms with Gasteiger partial charge in [-0.3, -0.25) is 4.79 Å². The number of aromatic nitrogens is 2. The molecular weight excluding hydrogens is 549 g/mol. The van der Waals surface area contributed by atoms with Crippen LogP contribution in [0.1, 0.15) is 45.2 Å². The predicted octanol–water partition coefficient (Wildman–Crippen LogP) is 6.71. The Balaban J connectivity index is 1.33. The zero-order valence-electron chi connectivity index (χ0n) is 24.2. The largest absolute Gasteiger partial charge is 0.439 e. The minimum Gasteiger partial charge on any atom is -0.439 e. The summed E-state index contributed by atoms with van der Waals surface area (Å²) in [6, 6.07) is 11.2. The predicted molar refractivity (Wildman–Crippen MR) is 155 cm³/mol. The van der Waals surface area contributed by atoms with Crippen LogP contribution >= 0.6 is 0 Å². The third-order valence-corrected chi connectivity index (χ3v) is 6.72. The lowest BCUT2D eigenvalue weighted by Gasteiger charge is -2.41. The van der Waals surface area contributed by atoms with Crippen LogP contribution in [-0.2, 0) is 11.0 Å². The molecule has 1 aliphatic heterocycles. The summed E-state index contributed by atoms with van der Waals surface area (Å²) in [5, 5.41) is 5.01. The molecule has 0 spiro atoms. The molecular formula is C30H35F3N6O3. The lowest BCUT2D eigenvalue weighted by Crippen LogP contribution is -2.54. The molecule has 0 saturated carbocycles. The number of alkyl halides is 3. The van der Waals surface area contributed by atoms with Crippen LogP contribution in [0.2, 0.25) is 0 Å². The Kier molecular flexibility index (Phi) is 8.93. The van der Waals surface area contributed by atoms with Gasteiger partial charge < -0.3 is 25.2 Å². The molecule has 0 unspecified atom stereocenters. The molecule has 224 valence electrons. The summed E-state index contributed by atoms with van der Waals surface area (Å²) in [5.74, 6) is 1.64.